The first kappa shape index (κ1) is 15.6. The van der Waals surface area contributed by atoms with Gasteiger partial charge in [0.15, 0.2) is 5.75 Å². The average molecular weight is 418 g/mol. The third-order valence-electron chi connectivity index (χ3n) is 1.58. The van der Waals surface area contributed by atoms with Gasteiger partial charge in [0.2, 0.25) is 5.88 Å². The Morgan fingerprint density at radius 1 is 1.44 bits per heavy atom. The van der Waals surface area contributed by atoms with Crippen molar-refractivity contribution in [3.63, 3.8) is 0 Å². The van der Waals surface area contributed by atoms with Crippen molar-refractivity contribution in [1.29, 1.82) is 0 Å². The van der Waals surface area contributed by atoms with Crippen molar-refractivity contribution < 1.29 is 31.1 Å². The molecule has 1 aromatic heterocycles. The molecule has 0 saturated heterocycles. The Labute approximate surface area is 118 Å². The highest BCUT2D eigenvalue weighted by atomic mass is 127. The zero-order valence-corrected chi connectivity index (χ0v) is 12.2. The van der Waals surface area contributed by atoms with Crippen LogP contribution in [-0.4, -0.2) is 26.9 Å². The first-order valence-corrected chi connectivity index (χ1v) is 7.38. The van der Waals surface area contributed by atoms with Gasteiger partial charge in [0, 0.05) is 10.7 Å². The van der Waals surface area contributed by atoms with E-state index in [0.717, 1.165) is 7.11 Å². The summed E-state index contributed by atoms with van der Waals surface area (Å²) >= 11 is 1.41. The maximum absolute atomic E-state index is 12.2. The topological polar surface area (TPSA) is 65.5 Å². The van der Waals surface area contributed by atoms with Gasteiger partial charge in [0.1, 0.15) is 8.47 Å². The van der Waals surface area contributed by atoms with E-state index in [1.54, 1.807) is 0 Å². The summed E-state index contributed by atoms with van der Waals surface area (Å²) in [5.74, 6) is -1.18. The fourth-order valence-electron chi connectivity index (χ4n) is 0.965. The molecule has 0 bridgehead atoms. The highest BCUT2D eigenvalue weighted by molar-refractivity contribution is 14.1. The van der Waals surface area contributed by atoms with E-state index in [0.29, 0.717) is 6.20 Å². The van der Waals surface area contributed by atoms with E-state index in [9.17, 15) is 21.6 Å². The smallest absolute Gasteiger partial charge is 0.480 e. The summed E-state index contributed by atoms with van der Waals surface area (Å²) in [6, 6.07) is 0. The first-order chi connectivity index (χ1) is 8.06. The van der Waals surface area contributed by atoms with Crippen LogP contribution in [0.5, 0.6) is 11.6 Å². The van der Waals surface area contributed by atoms with Gasteiger partial charge in [-0.25, -0.2) is 13.4 Å². The molecule has 0 aliphatic rings. The molecule has 0 aromatic carbocycles. The maximum atomic E-state index is 12.2. The molecule has 0 atom stereocenters. The monoisotopic (exact) mass is 417 g/mol. The second-order valence-electron chi connectivity index (χ2n) is 2.76. The predicted molar refractivity (Wildman–Crippen MR) is 63.2 cm³/mol. The van der Waals surface area contributed by atoms with Crippen LogP contribution in [0.25, 0.3) is 0 Å². The second kappa shape index (κ2) is 5.25. The van der Waals surface area contributed by atoms with Crippen molar-refractivity contribution in [2.24, 2.45) is 0 Å². The lowest BCUT2D eigenvalue weighted by Gasteiger charge is -2.14. The molecule has 1 aromatic rings. The largest absolute Gasteiger partial charge is 0.573 e. The third kappa shape index (κ3) is 3.75. The molecule has 0 fully saturated rings. The molecule has 0 spiro atoms. The van der Waals surface area contributed by atoms with Crippen LogP contribution in [0.4, 0.5) is 13.2 Å². The standard InChI is InChI=1S/C7H4ClF3INO4S/c1-16-6-4(12)5(17-7(9,10)11)3(2-13-6)18(8,14)15/h2H,1H3. The number of hydrogen-bond donors (Lipinski definition) is 0. The van der Waals surface area contributed by atoms with Crippen molar-refractivity contribution in [2.75, 3.05) is 7.11 Å². The van der Waals surface area contributed by atoms with Gasteiger partial charge in [-0.2, -0.15) is 0 Å². The maximum Gasteiger partial charge on any atom is 0.573 e. The van der Waals surface area contributed by atoms with Crippen molar-refractivity contribution in [3.8, 4) is 11.6 Å². The molecule has 0 aliphatic heterocycles. The fourth-order valence-corrected chi connectivity index (χ4v) is 2.78. The molecule has 5 nitrogen and oxygen atoms in total. The van der Waals surface area contributed by atoms with Crippen molar-refractivity contribution in [2.45, 2.75) is 11.3 Å². The van der Waals surface area contributed by atoms with Gasteiger partial charge in [0.05, 0.1) is 13.3 Å². The quantitative estimate of drug-likeness (QED) is 0.559. The fraction of sp³-hybridized carbons (Fsp3) is 0.286. The molecule has 1 heterocycles. The number of nitrogens with zero attached hydrogens (tertiary/aromatic N) is 1. The zero-order chi connectivity index (χ0) is 14.1. The Balaban J connectivity index is 3.51. The van der Waals surface area contributed by atoms with Gasteiger partial charge < -0.3 is 9.47 Å². The molecule has 0 amide bonds. The minimum atomic E-state index is -5.07. The van der Waals surface area contributed by atoms with E-state index in [1.807, 2.05) is 0 Å². The van der Waals surface area contributed by atoms with Crippen LogP contribution in [0, 0.1) is 3.57 Å². The summed E-state index contributed by atoms with van der Waals surface area (Å²) < 4.78 is 66.9. The minimum absolute atomic E-state index is 0.209. The van der Waals surface area contributed by atoms with Crippen LogP contribution < -0.4 is 9.47 Å². The number of rotatable bonds is 3. The Hall–Kier alpha value is -0.490. The van der Waals surface area contributed by atoms with Crippen LogP contribution in [0.15, 0.2) is 11.1 Å². The molecule has 0 saturated carbocycles. The van der Waals surface area contributed by atoms with E-state index < -0.39 is 26.1 Å². The number of halogens is 5. The zero-order valence-electron chi connectivity index (χ0n) is 8.46. The van der Waals surface area contributed by atoms with E-state index >= 15 is 0 Å². The van der Waals surface area contributed by atoms with Crippen LogP contribution in [0.3, 0.4) is 0 Å². The van der Waals surface area contributed by atoms with E-state index in [1.165, 1.54) is 22.6 Å². The molecule has 0 aliphatic carbocycles. The van der Waals surface area contributed by atoms with Gasteiger partial charge in [-0.3, -0.25) is 0 Å². The van der Waals surface area contributed by atoms with Gasteiger partial charge in [-0.15, -0.1) is 13.2 Å². The van der Waals surface area contributed by atoms with Gasteiger partial charge >= 0.3 is 6.36 Å². The Morgan fingerprint density at radius 2 is 2.00 bits per heavy atom. The molecule has 18 heavy (non-hydrogen) atoms. The Kier molecular flexibility index (Phi) is 4.54. The summed E-state index contributed by atoms with van der Waals surface area (Å²) in [6.07, 6.45) is -4.44. The summed E-state index contributed by atoms with van der Waals surface area (Å²) in [5, 5.41) is 0. The molecule has 0 unspecified atom stereocenters. The van der Waals surface area contributed by atoms with E-state index in [-0.39, 0.29) is 9.45 Å². The first-order valence-electron chi connectivity index (χ1n) is 3.99. The lowest BCUT2D eigenvalue weighted by molar-refractivity contribution is -0.275. The minimum Gasteiger partial charge on any atom is -0.480 e. The lowest BCUT2D eigenvalue weighted by Crippen LogP contribution is -2.19. The third-order valence-corrected chi connectivity index (χ3v) is 3.85. The molecule has 0 N–H and O–H groups in total. The summed E-state index contributed by atoms with van der Waals surface area (Å²) in [7, 11) is 1.74. The van der Waals surface area contributed by atoms with Crippen LogP contribution >= 0.6 is 33.3 Å². The Bertz CT molecular complexity index is 563. The molecular weight excluding hydrogens is 413 g/mol. The molecule has 102 valence electrons. The van der Waals surface area contributed by atoms with E-state index in [2.05, 4.69) is 14.5 Å². The van der Waals surface area contributed by atoms with Gasteiger partial charge in [0.25, 0.3) is 9.05 Å². The van der Waals surface area contributed by atoms with Crippen molar-refractivity contribution in [3.05, 3.63) is 9.77 Å². The highest BCUT2D eigenvalue weighted by Gasteiger charge is 2.36. The average Bonchev–Trinajstić information content (AvgIpc) is 2.17. The molecule has 1 rings (SSSR count). The summed E-state index contributed by atoms with van der Waals surface area (Å²) in [6.45, 7) is 0. The molecular formula is C7H4ClF3INO4S. The summed E-state index contributed by atoms with van der Waals surface area (Å²) in [4.78, 5) is 2.63. The second-order valence-corrected chi connectivity index (χ2v) is 6.37. The lowest BCUT2D eigenvalue weighted by atomic mass is 10.4. The number of methoxy groups -OCH3 is 1. The van der Waals surface area contributed by atoms with Crippen LogP contribution in [0.1, 0.15) is 0 Å². The van der Waals surface area contributed by atoms with Crippen molar-refractivity contribution in [1.82, 2.24) is 4.98 Å². The van der Waals surface area contributed by atoms with Crippen LogP contribution in [-0.2, 0) is 9.05 Å². The number of pyridine rings is 1. The Morgan fingerprint density at radius 3 is 2.39 bits per heavy atom. The molecule has 0 radical (unpaired) electrons. The summed E-state index contributed by atoms with van der Waals surface area (Å²) in [5.41, 5.74) is 0. The van der Waals surface area contributed by atoms with Crippen molar-refractivity contribution >= 4 is 42.3 Å². The van der Waals surface area contributed by atoms with Gasteiger partial charge in [-0.1, -0.05) is 0 Å². The number of aromatic nitrogens is 1. The van der Waals surface area contributed by atoms with Crippen LogP contribution in [0.2, 0.25) is 0 Å². The highest BCUT2D eigenvalue weighted by Crippen LogP contribution is 2.38. The molecule has 11 heteroatoms. The number of hydrogen-bond acceptors (Lipinski definition) is 5. The number of alkyl halides is 3. The van der Waals surface area contributed by atoms with E-state index in [4.69, 9.17) is 10.7 Å². The predicted octanol–water partition coefficient (Wildman–Crippen LogP) is 2.52. The number of ether oxygens (including phenoxy) is 2. The SMILES string of the molecule is COc1ncc(S(=O)(=O)Cl)c(OC(F)(F)F)c1I. The van der Waals surface area contributed by atoms with Gasteiger partial charge in [-0.05, 0) is 22.6 Å². The normalized spacial score (nSPS) is 12.3.